The van der Waals surface area contributed by atoms with Crippen molar-refractivity contribution in [2.45, 2.75) is 19.4 Å². The summed E-state index contributed by atoms with van der Waals surface area (Å²) in [6, 6.07) is 17.5. The van der Waals surface area contributed by atoms with Crippen LogP contribution in [0.5, 0.6) is 11.5 Å². The third-order valence-corrected chi connectivity index (χ3v) is 4.81. The van der Waals surface area contributed by atoms with Crippen molar-refractivity contribution in [3.63, 3.8) is 0 Å². The number of benzene rings is 2. The number of ether oxygens (including phenoxy) is 2. The van der Waals surface area contributed by atoms with Crippen LogP contribution in [0.4, 0.5) is 0 Å². The van der Waals surface area contributed by atoms with Gasteiger partial charge in [-0.1, -0.05) is 30.3 Å². The molecule has 0 saturated heterocycles. The summed E-state index contributed by atoms with van der Waals surface area (Å²) >= 11 is 1.51. The molecule has 6 heteroatoms. The first kappa shape index (κ1) is 18.9. The van der Waals surface area contributed by atoms with Crippen LogP contribution in [0, 0.1) is 0 Å². The molecule has 3 rings (SSSR count). The Morgan fingerprint density at radius 1 is 1.07 bits per heavy atom. The third kappa shape index (κ3) is 6.11. The van der Waals surface area contributed by atoms with Gasteiger partial charge in [-0.25, -0.2) is 4.98 Å². The Morgan fingerprint density at radius 3 is 2.59 bits per heavy atom. The molecule has 0 aliphatic heterocycles. The van der Waals surface area contributed by atoms with Crippen molar-refractivity contribution in [1.82, 2.24) is 10.3 Å². The van der Waals surface area contributed by atoms with Gasteiger partial charge in [0.05, 0.1) is 19.2 Å². The maximum atomic E-state index is 12.1. The number of hydrogen-bond acceptors (Lipinski definition) is 5. The highest BCUT2D eigenvalue weighted by Gasteiger charge is 2.08. The van der Waals surface area contributed by atoms with Crippen LogP contribution in [0.15, 0.2) is 60.0 Å². The number of thiazole rings is 1. The van der Waals surface area contributed by atoms with Gasteiger partial charge < -0.3 is 14.8 Å². The van der Waals surface area contributed by atoms with Crippen LogP contribution < -0.4 is 14.8 Å². The molecule has 0 radical (unpaired) electrons. The van der Waals surface area contributed by atoms with E-state index in [4.69, 9.17) is 9.47 Å². The normalized spacial score (nSPS) is 10.4. The van der Waals surface area contributed by atoms with Crippen molar-refractivity contribution in [1.29, 1.82) is 0 Å². The van der Waals surface area contributed by atoms with E-state index in [1.165, 1.54) is 11.3 Å². The number of rotatable bonds is 9. The summed E-state index contributed by atoms with van der Waals surface area (Å²) < 4.78 is 10.8. The van der Waals surface area contributed by atoms with E-state index in [2.05, 4.69) is 10.3 Å². The van der Waals surface area contributed by atoms with Gasteiger partial charge in [0.25, 0.3) is 0 Å². The van der Waals surface area contributed by atoms with Crippen molar-refractivity contribution in [3.8, 4) is 11.5 Å². The van der Waals surface area contributed by atoms with Crippen LogP contribution >= 0.6 is 11.3 Å². The molecule has 0 fully saturated rings. The molecule has 0 aliphatic carbocycles. The van der Waals surface area contributed by atoms with Gasteiger partial charge in [-0.15, -0.1) is 11.3 Å². The minimum Gasteiger partial charge on any atom is -0.497 e. The molecule has 1 N–H and O–H groups in total. The maximum absolute atomic E-state index is 12.1. The number of nitrogens with one attached hydrogen (secondary N) is 1. The molecule has 5 nitrogen and oxygen atoms in total. The van der Waals surface area contributed by atoms with Crippen LogP contribution in [0.25, 0.3) is 0 Å². The van der Waals surface area contributed by atoms with Gasteiger partial charge in [-0.3, -0.25) is 4.79 Å². The fraction of sp³-hybridized carbons (Fsp3) is 0.238. The summed E-state index contributed by atoms with van der Waals surface area (Å²) in [5.74, 6) is 1.62. The first-order chi connectivity index (χ1) is 13.2. The van der Waals surface area contributed by atoms with E-state index in [0.717, 1.165) is 34.2 Å². The van der Waals surface area contributed by atoms with Crippen LogP contribution in [0.1, 0.15) is 16.3 Å². The van der Waals surface area contributed by atoms with Gasteiger partial charge in [0.15, 0.2) is 0 Å². The fourth-order valence-corrected chi connectivity index (χ4v) is 3.23. The SMILES string of the molecule is COc1ccc(CCNC(=O)Cc2csc(COc3ccccc3)n2)cc1. The van der Waals surface area contributed by atoms with Crippen molar-refractivity contribution in [3.05, 3.63) is 76.2 Å². The van der Waals surface area contributed by atoms with Gasteiger partial charge in [0, 0.05) is 11.9 Å². The number of methoxy groups -OCH3 is 1. The Balaban J connectivity index is 1.39. The molecule has 0 atom stereocenters. The highest BCUT2D eigenvalue weighted by Crippen LogP contribution is 2.15. The van der Waals surface area contributed by atoms with Gasteiger partial charge >= 0.3 is 0 Å². The molecular formula is C21H22N2O3S. The lowest BCUT2D eigenvalue weighted by Gasteiger charge is -2.05. The molecule has 27 heavy (non-hydrogen) atoms. The third-order valence-electron chi connectivity index (χ3n) is 3.94. The number of aromatic nitrogens is 1. The highest BCUT2D eigenvalue weighted by atomic mass is 32.1. The number of para-hydroxylation sites is 1. The number of carbonyl (C=O) groups is 1. The molecule has 1 aromatic heterocycles. The monoisotopic (exact) mass is 382 g/mol. The number of carbonyl (C=O) groups excluding carboxylic acids is 1. The molecule has 0 bridgehead atoms. The van der Waals surface area contributed by atoms with Crippen LogP contribution in [0.3, 0.4) is 0 Å². The summed E-state index contributed by atoms with van der Waals surface area (Å²) in [5.41, 5.74) is 1.93. The van der Waals surface area contributed by atoms with E-state index >= 15 is 0 Å². The molecule has 0 aliphatic rings. The van der Waals surface area contributed by atoms with Crippen molar-refractivity contribution in [2.75, 3.05) is 13.7 Å². The number of amides is 1. The van der Waals surface area contributed by atoms with Gasteiger partial charge in [0.1, 0.15) is 23.1 Å². The molecule has 0 unspecified atom stereocenters. The Bertz CT molecular complexity index is 847. The summed E-state index contributed by atoms with van der Waals surface area (Å²) in [5, 5.41) is 5.71. The fourth-order valence-electron chi connectivity index (χ4n) is 2.52. The first-order valence-corrected chi connectivity index (χ1v) is 9.61. The van der Waals surface area contributed by atoms with E-state index < -0.39 is 0 Å². The standard InChI is InChI=1S/C21H22N2O3S/c1-25-18-9-7-16(8-10-18)11-12-22-20(24)13-17-15-27-21(23-17)14-26-19-5-3-2-4-6-19/h2-10,15H,11-14H2,1H3,(H,22,24). The van der Waals surface area contributed by atoms with Crippen molar-refractivity contribution >= 4 is 17.2 Å². The number of hydrogen-bond donors (Lipinski definition) is 1. The lowest BCUT2D eigenvalue weighted by molar-refractivity contribution is -0.120. The Labute approximate surface area is 163 Å². The van der Waals surface area contributed by atoms with E-state index in [1.54, 1.807) is 7.11 Å². The van der Waals surface area contributed by atoms with E-state index in [1.807, 2.05) is 60.0 Å². The molecule has 1 amide bonds. The molecule has 140 valence electrons. The predicted octanol–water partition coefficient (Wildman–Crippen LogP) is 3.63. The van der Waals surface area contributed by atoms with Crippen molar-refractivity contribution in [2.24, 2.45) is 0 Å². The molecule has 1 heterocycles. The zero-order valence-electron chi connectivity index (χ0n) is 15.2. The minimum absolute atomic E-state index is 0.0238. The zero-order chi connectivity index (χ0) is 18.9. The quantitative estimate of drug-likeness (QED) is 0.614. The summed E-state index contributed by atoms with van der Waals surface area (Å²) in [6.07, 6.45) is 1.06. The second-order valence-corrected chi connectivity index (χ2v) is 6.90. The van der Waals surface area contributed by atoms with Crippen LogP contribution in [-0.4, -0.2) is 24.5 Å². The second-order valence-electron chi connectivity index (χ2n) is 5.96. The van der Waals surface area contributed by atoms with E-state index in [-0.39, 0.29) is 12.3 Å². The lowest BCUT2D eigenvalue weighted by atomic mass is 10.1. The Morgan fingerprint density at radius 2 is 1.85 bits per heavy atom. The first-order valence-electron chi connectivity index (χ1n) is 8.73. The molecule has 0 spiro atoms. The van der Waals surface area contributed by atoms with Crippen LogP contribution in [-0.2, 0) is 24.2 Å². The minimum atomic E-state index is -0.0238. The van der Waals surface area contributed by atoms with E-state index in [0.29, 0.717) is 13.2 Å². The molecule has 0 saturated carbocycles. The topological polar surface area (TPSA) is 60.5 Å². The van der Waals surface area contributed by atoms with Crippen molar-refractivity contribution < 1.29 is 14.3 Å². The lowest BCUT2D eigenvalue weighted by Crippen LogP contribution is -2.27. The molecule has 3 aromatic rings. The average molecular weight is 382 g/mol. The summed E-state index contributed by atoms with van der Waals surface area (Å²) in [6.45, 7) is 1.01. The average Bonchev–Trinajstić information content (AvgIpc) is 3.15. The Hall–Kier alpha value is -2.86. The summed E-state index contributed by atoms with van der Waals surface area (Å²) in [7, 11) is 1.65. The van der Waals surface area contributed by atoms with Crippen LogP contribution in [0.2, 0.25) is 0 Å². The maximum Gasteiger partial charge on any atom is 0.226 e. The van der Waals surface area contributed by atoms with Gasteiger partial charge in [-0.05, 0) is 36.2 Å². The smallest absolute Gasteiger partial charge is 0.226 e. The second kappa shape index (κ2) is 9.73. The van der Waals surface area contributed by atoms with Gasteiger partial charge in [0.2, 0.25) is 5.91 Å². The largest absolute Gasteiger partial charge is 0.497 e. The molecule has 2 aromatic carbocycles. The molecular weight excluding hydrogens is 360 g/mol. The summed E-state index contributed by atoms with van der Waals surface area (Å²) in [4.78, 5) is 16.6. The predicted molar refractivity (Wildman–Crippen MR) is 106 cm³/mol. The zero-order valence-corrected chi connectivity index (χ0v) is 16.0. The highest BCUT2D eigenvalue weighted by molar-refractivity contribution is 7.09. The van der Waals surface area contributed by atoms with E-state index in [9.17, 15) is 4.79 Å². The Kier molecular flexibility index (Phi) is 6.82. The van der Waals surface area contributed by atoms with Gasteiger partial charge in [-0.2, -0.15) is 0 Å². The number of nitrogens with zero attached hydrogens (tertiary/aromatic N) is 1.